The van der Waals surface area contributed by atoms with E-state index in [1.54, 1.807) is 30.3 Å². The lowest BCUT2D eigenvalue weighted by atomic mass is 10.0. The molecule has 244 valence electrons. The number of pyridine rings is 1. The lowest BCUT2D eigenvalue weighted by Crippen LogP contribution is -2.30. The molecular formula is C36H44N4O6. The predicted molar refractivity (Wildman–Crippen MR) is 178 cm³/mol. The molecule has 2 fully saturated rings. The molecule has 0 spiro atoms. The number of nitrogens with zero attached hydrogens (tertiary/aromatic N) is 4. The largest absolute Gasteiger partial charge is 0.496 e. The van der Waals surface area contributed by atoms with Crippen molar-refractivity contribution in [2.75, 3.05) is 47.2 Å². The molecule has 1 unspecified atom stereocenters. The number of likely N-dealkylation sites (N-methyl/N-ethyl adjacent to an activating group) is 1. The fraction of sp³-hybridized carbons (Fsp3) is 0.417. The van der Waals surface area contributed by atoms with Gasteiger partial charge in [-0.2, -0.15) is 5.26 Å². The first-order chi connectivity index (χ1) is 22.5. The predicted octanol–water partition coefficient (Wildman–Crippen LogP) is 6.36. The van der Waals surface area contributed by atoms with Crippen LogP contribution in [0.3, 0.4) is 0 Å². The number of aliphatic hydroxyl groups excluding tert-OH is 1. The van der Waals surface area contributed by atoms with Gasteiger partial charge in [-0.25, -0.2) is 0 Å². The molecule has 4 aromatic rings. The first-order valence-corrected chi connectivity index (χ1v) is 15.9. The lowest BCUT2D eigenvalue weighted by Gasteiger charge is -2.23. The third kappa shape index (κ3) is 7.34. The average molecular weight is 629 g/mol. The van der Waals surface area contributed by atoms with E-state index in [9.17, 15) is 15.2 Å². The molecule has 0 aliphatic carbocycles. The molecule has 1 atom stereocenters. The smallest absolute Gasteiger partial charge is 0.255 e. The monoisotopic (exact) mass is 628 g/mol. The van der Waals surface area contributed by atoms with E-state index in [4.69, 9.17) is 18.6 Å². The van der Waals surface area contributed by atoms with Crippen LogP contribution in [-0.2, 0) is 4.74 Å². The summed E-state index contributed by atoms with van der Waals surface area (Å²) in [6.07, 6.45) is 3.33. The zero-order chi connectivity index (χ0) is 33.2. The first-order valence-electron chi connectivity index (χ1n) is 15.9. The minimum absolute atomic E-state index is 0.00331. The van der Waals surface area contributed by atoms with Crippen molar-refractivity contribution >= 4 is 17.0 Å². The number of rotatable bonds is 7. The van der Waals surface area contributed by atoms with Crippen molar-refractivity contribution in [2.24, 2.45) is 0 Å². The Bertz CT molecular complexity index is 1660. The number of nitriles is 1. The van der Waals surface area contributed by atoms with Crippen LogP contribution < -0.4 is 9.47 Å². The summed E-state index contributed by atoms with van der Waals surface area (Å²) < 4.78 is 23.6. The maximum atomic E-state index is 13.2. The van der Waals surface area contributed by atoms with Gasteiger partial charge in [-0.05, 0) is 49.0 Å². The van der Waals surface area contributed by atoms with Crippen LogP contribution in [0.25, 0.3) is 33.6 Å². The van der Waals surface area contributed by atoms with E-state index >= 15 is 0 Å². The van der Waals surface area contributed by atoms with Crippen molar-refractivity contribution < 1.29 is 28.5 Å². The van der Waals surface area contributed by atoms with Gasteiger partial charge in [0.05, 0.1) is 50.8 Å². The summed E-state index contributed by atoms with van der Waals surface area (Å²) in [5, 5.41) is 19.4. The van der Waals surface area contributed by atoms with E-state index < -0.39 is 0 Å². The van der Waals surface area contributed by atoms with Crippen molar-refractivity contribution in [1.82, 2.24) is 14.8 Å². The highest BCUT2D eigenvalue weighted by atomic mass is 16.5. The fourth-order valence-electron chi connectivity index (χ4n) is 5.55. The zero-order valence-corrected chi connectivity index (χ0v) is 27.6. The minimum atomic E-state index is -0.131. The van der Waals surface area contributed by atoms with Gasteiger partial charge in [-0.3, -0.25) is 14.7 Å². The van der Waals surface area contributed by atoms with Crippen molar-refractivity contribution in [1.29, 1.82) is 5.26 Å². The Morgan fingerprint density at radius 1 is 1.04 bits per heavy atom. The van der Waals surface area contributed by atoms with Gasteiger partial charge in [0.2, 0.25) is 0 Å². The van der Waals surface area contributed by atoms with E-state index in [1.165, 1.54) is 0 Å². The van der Waals surface area contributed by atoms with Gasteiger partial charge in [0.1, 0.15) is 34.9 Å². The van der Waals surface area contributed by atoms with Gasteiger partial charge in [0.25, 0.3) is 5.91 Å². The molecule has 2 aliphatic heterocycles. The molecule has 0 radical (unpaired) electrons. The number of ether oxygens (including phenoxy) is 3. The van der Waals surface area contributed by atoms with Crippen molar-refractivity contribution in [3.8, 4) is 40.0 Å². The molecule has 46 heavy (non-hydrogen) atoms. The minimum Gasteiger partial charge on any atom is -0.496 e. The van der Waals surface area contributed by atoms with Gasteiger partial charge < -0.3 is 28.6 Å². The highest BCUT2D eigenvalue weighted by molar-refractivity contribution is 5.97. The molecule has 1 N–H and O–H groups in total. The first kappa shape index (κ1) is 34.4. The maximum Gasteiger partial charge on any atom is 0.255 e. The number of carbonyl (C=O) groups is 1. The number of fused-ring (bicyclic) bond motifs is 1. The second-order valence-electron chi connectivity index (χ2n) is 10.6. The van der Waals surface area contributed by atoms with E-state index in [2.05, 4.69) is 11.1 Å². The number of benzene rings is 2. The third-order valence-electron chi connectivity index (χ3n) is 7.95. The molecule has 2 saturated heterocycles. The summed E-state index contributed by atoms with van der Waals surface area (Å²) in [6, 6.07) is 16.7. The number of hydrogen-bond acceptors (Lipinski definition) is 9. The van der Waals surface area contributed by atoms with Crippen molar-refractivity contribution in [3.63, 3.8) is 0 Å². The summed E-state index contributed by atoms with van der Waals surface area (Å²) in [4.78, 5) is 21.4. The molecule has 10 nitrogen and oxygen atoms in total. The number of methoxy groups -OCH3 is 1. The van der Waals surface area contributed by atoms with Crippen LogP contribution >= 0.6 is 0 Å². The Morgan fingerprint density at radius 2 is 1.80 bits per heavy atom. The van der Waals surface area contributed by atoms with E-state index in [0.717, 1.165) is 24.0 Å². The number of furan rings is 1. The summed E-state index contributed by atoms with van der Waals surface area (Å²) in [6.45, 7) is 10.2. The van der Waals surface area contributed by atoms with Crippen LogP contribution in [-0.4, -0.2) is 85.1 Å². The summed E-state index contributed by atoms with van der Waals surface area (Å²) in [7, 11) is 3.44. The standard InChI is InChI=1S/C32H32N4O6.2C2H6/c1-35-19-36(17-23(35)18-37)32(38)21-3-5-26(29(14-21)39-2)30-15-27-31(42-30)25(7-10-34-27)20-4-6-28(22(13-20)16-33)41-24-8-11-40-12-9-24;2*1-2/h3-7,10,13-15,23-24,37H,8-9,11-12,17-19H2,1-2H3;2*1-2H3. The number of aromatic nitrogens is 1. The van der Waals surface area contributed by atoms with Gasteiger partial charge in [0, 0.05) is 42.8 Å². The summed E-state index contributed by atoms with van der Waals surface area (Å²) in [5.41, 5.74) is 4.46. The third-order valence-corrected chi connectivity index (χ3v) is 7.95. The van der Waals surface area contributed by atoms with E-state index in [1.807, 2.05) is 76.0 Å². The highest BCUT2D eigenvalue weighted by Gasteiger charge is 2.31. The van der Waals surface area contributed by atoms with E-state index in [-0.39, 0.29) is 24.7 Å². The molecule has 0 bridgehead atoms. The Labute approximate surface area is 271 Å². The number of hydrogen-bond donors (Lipinski definition) is 1. The summed E-state index contributed by atoms with van der Waals surface area (Å²) >= 11 is 0. The number of amides is 1. The molecule has 2 aromatic carbocycles. The zero-order valence-electron chi connectivity index (χ0n) is 27.6. The number of carbonyl (C=O) groups excluding carboxylic acids is 1. The normalized spacial score (nSPS) is 16.6. The van der Waals surface area contributed by atoms with Gasteiger partial charge in [0.15, 0.2) is 5.58 Å². The van der Waals surface area contributed by atoms with Crippen LogP contribution in [0, 0.1) is 11.3 Å². The van der Waals surface area contributed by atoms with Crippen LogP contribution in [0.2, 0.25) is 0 Å². The van der Waals surface area contributed by atoms with Crippen LogP contribution in [0.15, 0.2) is 59.1 Å². The molecule has 10 heteroatoms. The summed E-state index contributed by atoms with van der Waals surface area (Å²) in [5.74, 6) is 1.47. The molecule has 6 rings (SSSR count). The van der Waals surface area contributed by atoms with Crippen LogP contribution in [0.5, 0.6) is 11.5 Å². The van der Waals surface area contributed by atoms with Crippen LogP contribution in [0.4, 0.5) is 0 Å². The fourth-order valence-corrected chi connectivity index (χ4v) is 5.55. The van der Waals surface area contributed by atoms with Crippen LogP contribution in [0.1, 0.15) is 56.5 Å². The molecule has 2 aliphatic rings. The highest BCUT2D eigenvalue weighted by Crippen LogP contribution is 2.38. The second kappa shape index (κ2) is 16.2. The Hall–Kier alpha value is -4.43. The molecule has 0 saturated carbocycles. The second-order valence-corrected chi connectivity index (χ2v) is 10.6. The average Bonchev–Trinajstić information content (AvgIpc) is 3.73. The SMILES string of the molecule is CC.CC.COc1cc(C(=O)N2CC(CO)N(C)C2)ccc1-c1cc2nccc(-c3ccc(OC4CCOCC4)c(C#N)c3)c2o1. The lowest BCUT2D eigenvalue weighted by molar-refractivity contribution is 0.0254. The Morgan fingerprint density at radius 3 is 2.48 bits per heavy atom. The molecule has 2 aromatic heterocycles. The maximum absolute atomic E-state index is 13.2. The van der Waals surface area contributed by atoms with Gasteiger partial charge in [-0.1, -0.05) is 33.8 Å². The van der Waals surface area contributed by atoms with Gasteiger partial charge in [-0.15, -0.1) is 0 Å². The Balaban J connectivity index is 0.00000116. The number of aliphatic hydroxyl groups is 1. The topological polar surface area (TPSA) is 121 Å². The molecule has 4 heterocycles. The molecular weight excluding hydrogens is 584 g/mol. The molecule has 1 amide bonds. The Kier molecular flexibility index (Phi) is 12.1. The van der Waals surface area contributed by atoms with Gasteiger partial charge >= 0.3 is 0 Å². The quantitative estimate of drug-likeness (QED) is 0.249. The van der Waals surface area contributed by atoms with E-state index in [0.29, 0.717) is 71.5 Å². The van der Waals surface area contributed by atoms with Crippen molar-refractivity contribution in [2.45, 2.75) is 52.7 Å². The van der Waals surface area contributed by atoms with Crippen molar-refractivity contribution in [3.05, 3.63) is 65.9 Å².